The molecule has 2 aliphatic heterocycles. The molecule has 3 heterocycles. The Hall–Kier alpha value is -1.75. The van der Waals surface area contributed by atoms with Gasteiger partial charge in [-0.3, -0.25) is 19.3 Å². The lowest BCUT2D eigenvalue weighted by molar-refractivity contribution is -0.149. The van der Waals surface area contributed by atoms with Crippen molar-refractivity contribution in [2.24, 2.45) is 17.3 Å². The zero-order valence-electron chi connectivity index (χ0n) is 25.9. The number of esters is 2. The summed E-state index contributed by atoms with van der Waals surface area (Å²) in [5.74, 6) is -1.21. The Morgan fingerprint density at radius 2 is 1.98 bits per heavy atom. The van der Waals surface area contributed by atoms with Gasteiger partial charge in [0.1, 0.15) is 22.8 Å². The summed E-state index contributed by atoms with van der Waals surface area (Å²) < 4.78 is 12.4. The maximum Gasteiger partial charge on any atom is 0.306 e. The fraction of sp³-hybridized carbons (Fsp3) is 0.742. The van der Waals surface area contributed by atoms with Gasteiger partial charge in [-0.15, -0.1) is 11.3 Å². The summed E-state index contributed by atoms with van der Waals surface area (Å²) in [6.45, 7) is 14.0. The van der Waals surface area contributed by atoms with Crippen molar-refractivity contribution < 1.29 is 29.0 Å². The number of carbonyl (C=O) groups is 3. The molecule has 0 aromatic carbocycles. The van der Waals surface area contributed by atoms with Crippen molar-refractivity contribution in [2.45, 2.75) is 115 Å². The van der Waals surface area contributed by atoms with Gasteiger partial charge in [-0.2, -0.15) is 0 Å². The van der Waals surface area contributed by atoms with E-state index in [2.05, 4.69) is 16.8 Å². The first-order valence-electron chi connectivity index (χ1n) is 14.7. The first-order chi connectivity index (χ1) is 19.2. The minimum Gasteiger partial charge on any atom is -0.465 e. The fourth-order valence-corrected chi connectivity index (χ4v) is 7.45. The number of carbonyl (C=O) groups excluding carboxylic acids is 3. The van der Waals surface area contributed by atoms with Crippen molar-refractivity contribution >= 4 is 46.9 Å². The molecule has 1 unspecified atom stereocenters. The van der Waals surface area contributed by atoms with Crippen LogP contribution in [0.5, 0.6) is 0 Å². The van der Waals surface area contributed by atoms with Crippen LogP contribution in [0, 0.1) is 17.3 Å². The molecule has 0 aliphatic carbocycles. The van der Waals surface area contributed by atoms with Gasteiger partial charge < -0.3 is 14.6 Å². The summed E-state index contributed by atoms with van der Waals surface area (Å²) in [6.07, 6.45) is 6.46. The second-order valence-electron chi connectivity index (χ2n) is 12.6. The van der Waals surface area contributed by atoms with Crippen LogP contribution in [0.25, 0.3) is 6.08 Å². The van der Waals surface area contributed by atoms with Crippen LogP contribution in [0.4, 0.5) is 0 Å². The molecular weight excluding hydrogens is 560 g/mol. The molecule has 2 fully saturated rings. The molecular formula is C31H48N2O6S2. The molecule has 8 nitrogen and oxygen atoms in total. The van der Waals surface area contributed by atoms with Crippen LogP contribution < -0.4 is 0 Å². The molecule has 41 heavy (non-hydrogen) atoms. The highest BCUT2D eigenvalue weighted by atomic mass is 32.2. The van der Waals surface area contributed by atoms with Crippen molar-refractivity contribution in [2.75, 3.05) is 19.4 Å². The van der Waals surface area contributed by atoms with Gasteiger partial charge in [-0.1, -0.05) is 45.9 Å². The van der Waals surface area contributed by atoms with Gasteiger partial charge in [-0.25, -0.2) is 4.98 Å². The van der Waals surface area contributed by atoms with Crippen LogP contribution in [0.3, 0.4) is 0 Å². The Bertz CT molecular complexity index is 1120. The van der Waals surface area contributed by atoms with E-state index in [0.717, 1.165) is 34.9 Å². The van der Waals surface area contributed by atoms with Gasteiger partial charge >= 0.3 is 11.9 Å². The Balaban J connectivity index is 1.90. The number of aliphatic hydroxyl groups is 1. The summed E-state index contributed by atoms with van der Waals surface area (Å²) >= 11 is 3.18. The smallest absolute Gasteiger partial charge is 0.306 e. The minimum atomic E-state index is -0.756. The predicted molar refractivity (Wildman–Crippen MR) is 164 cm³/mol. The van der Waals surface area contributed by atoms with E-state index in [1.54, 1.807) is 30.0 Å². The number of cyclic esters (lactones) is 1. The Labute approximate surface area is 253 Å². The number of fused-ring (bicyclic) bond motifs is 1. The van der Waals surface area contributed by atoms with Crippen molar-refractivity contribution in [3.63, 3.8) is 0 Å². The van der Waals surface area contributed by atoms with Crippen molar-refractivity contribution in [3.05, 3.63) is 16.6 Å². The molecule has 1 aromatic heterocycles. The first-order valence-corrected chi connectivity index (χ1v) is 16.8. The zero-order valence-corrected chi connectivity index (χ0v) is 27.5. The molecule has 0 saturated carbocycles. The number of thiazole rings is 1. The second-order valence-corrected chi connectivity index (χ2v) is 14.6. The van der Waals surface area contributed by atoms with E-state index >= 15 is 0 Å². The second kappa shape index (κ2) is 14.1. The average molecular weight is 609 g/mol. The highest BCUT2D eigenvalue weighted by Crippen LogP contribution is 2.48. The topological polar surface area (TPSA) is 106 Å². The summed E-state index contributed by atoms with van der Waals surface area (Å²) in [4.78, 5) is 45.0. The number of ketones is 1. The standard InChI is InChI=1S/C31H48N2O6S2/c1-19-10-9-12-31(7)25(33(31)14-15-38-22(4)34)17-24(20(2)16-23-18-41-29(32-23)40-8)39-26(35)11-13-30(5,6)28(37)21(3)27(19)36/h16,18-19,21,24-25,27,36H,9-15,17H2,1-8H3/b20-16+/t19-,21+,24-,25-,27-,31+,33?/m0/s1. The number of hydrogen-bond donors (Lipinski definition) is 1. The fourth-order valence-electron chi connectivity index (χ4n) is 6.23. The molecule has 3 rings (SSSR count). The van der Waals surface area contributed by atoms with E-state index in [0.29, 0.717) is 26.0 Å². The summed E-state index contributed by atoms with van der Waals surface area (Å²) in [5, 5.41) is 13.0. The molecule has 0 radical (unpaired) electrons. The van der Waals surface area contributed by atoms with Crippen molar-refractivity contribution in [1.29, 1.82) is 0 Å². The number of ether oxygens (including phenoxy) is 2. The molecule has 10 heteroatoms. The third-order valence-electron chi connectivity index (χ3n) is 9.06. The van der Waals surface area contributed by atoms with Crippen LogP contribution in [0.2, 0.25) is 0 Å². The third kappa shape index (κ3) is 8.65. The first kappa shape index (κ1) is 33.7. The number of hydrogen-bond acceptors (Lipinski definition) is 10. The normalized spacial score (nSPS) is 33.5. The molecule has 1 aromatic rings. The van der Waals surface area contributed by atoms with Crippen molar-refractivity contribution in [3.8, 4) is 0 Å². The number of aliphatic hydroxyl groups excluding tert-OH is 1. The summed E-state index contributed by atoms with van der Waals surface area (Å²) in [5.41, 5.74) is 0.863. The third-order valence-corrected chi connectivity index (χ3v) is 10.9. The Kier molecular flexibility index (Phi) is 11.6. The van der Waals surface area contributed by atoms with E-state index in [1.807, 2.05) is 45.4 Å². The average Bonchev–Trinajstić information content (AvgIpc) is 3.22. The largest absolute Gasteiger partial charge is 0.465 e. The van der Waals surface area contributed by atoms with Crippen LogP contribution in [0.15, 0.2) is 15.3 Å². The van der Waals surface area contributed by atoms with Gasteiger partial charge in [-0.05, 0) is 56.9 Å². The van der Waals surface area contributed by atoms with E-state index in [1.165, 1.54) is 6.92 Å². The number of aromatic nitrogens is 1. The molecule has 2 saturated heterocycles. The molecule has 230 valence electrons. The van der Waals surface area contributed by atoms with Crippen LogP contribution in [0.1, 0.15) is 92.7 Å². The highest BCUT2D eigenvalue weighted by molar-refractivity contribution is 8.00. The van der Waals surface area contributed by atoms with Gasteiger partial charge in [0, 0.05) is 54.6 Å². The van der Waals surface area contributed by atoms with E-state index in [4.69, 9.17) is 9.47 Å². The summed E-state index contributed by atoms with van der Waals surface area (Å²) in [6, 6.07) is 0.140. The SMILES string of the molecule is CSc1nc(/C=C(\C)[C@@H]2C[C@@H]3N(CCOC(C)=O)[C@]3(C)CCC[C@H](C)[C@H](O)[C@@H](C)C(=O)C(C)(C)CCC(=O)O2)cs1. The molecule has 2 aliphatic rings. The van der Waals surface area contributed by atoms with E-state index < -0.39 is 23.5 Å². The molecule has 0 spiro atoms. The minimum absolute atomic E-state index is 0.0247. The number of thioether (sulfide) groups is 1. The molecule has 0 bridgehead atoms. The van der Waals surface area contributed by atoms with Gasteiger partial charge in [0.15, 0.2) is 0 Å². The maximum atomic E-state index is 13.4. The lowest BCUT2D eigenvalue weighted by Crippen LogP contribution is -2.39. The van der Waals surface area contributed by atoms with Crippen LogP contribution in [-0.4, -0.2) is 75.9 Å². The zero-order chi connectivity index (χ0) is 30.5. The Morgan fingerprint density at radius 1 is 1.27 bits per heavy atom. The number of Topliss-reactive ketones (excluding diaryl/α,β-unsaturated/α-hetero) is 1. The lowest BCUT2D eigenvalue weighted by Gasteiger charge is -2.31. The predicted octanol–water partition coefficient (Wildman–Crippen LogP) is 5.77. The van der Waals surface area contributed by atoms with Gasteiger partial charge in [0.2, 0.25) is 0 Å². The monoisotopic (exact) mass is 608 g/mol. The molecule has 0 amide bonds. The molecule has 1 N–H and O–H groups in total. The maximum absolute atomic E-state index is 13.4. The van der Waals surface area contributed by atoms with Gasteiger partial charge in [0.05, 0.1) is 11.8 Å². The number of rotatable bonds is 6. The quantitative estimate of drug-likeness (QED) is 0.245. The van der Waals surface area contributed by atoms with Gasteiger partial charge in [0.25, 0.3) is 0 Å². The highest BCUT2D eigenvalue weighted by Gasteiger charge is 2.58. The van der Waals surface area contributed by atoms with Crippen LogP contribution >= 0.6 is 23.1 Å². The summed E-state index contributed by atoms with van der Waals surface area (Å²) in [7, 11) is 0. The Morgan fingerprint density at radius 3 is 2.61 bits per heavy atom. The van der Waals surface area contributed by atoms with Crippen LogP contribution in [-0.2, 0) is 23.9 Å². The van der Waals surface area contributed by atoms with E-state index in [9.17, 15) is 19.5 Å². The van der Waals surface area contributed by atoms with Crippen molar-refractivity contribution in [1.82, 2.24) is 9.88 Å². The van der Waals surface area contributed by atoms with E-state index in [-0.39, 0.29) is 41.6 Å². The molecule has 7 atom stereocenters. The lowest BCUT2D eigenvalue weighted by atomic mass is 9.74. The number of nitrogens with zero attached hydrogens (tertiary/aromatic N) is 2.